The smallest absolute Gasteiger partial charge is 0.250 e. The second-order valence-corrected chi connectivity index (χ2v) is 8.34. The molecule has 1 aliphatic heterocycles. The van der Waals surface area contributed by atoms with E-state index in [4.69, 9.17) is 11.6 Å². The highest BCUT2D eigenvalue weighted by Crippen LogP contribution is 2.20. The van der Waals surface area contributed by atoms with Gasteiger partial charge in [0.05, 0.1) is 17.4 Å². The molecule has 0 aliphatic carbocycles. The summed E-state index contributed by atoms with van der Waals surface area (Å²) in [5.41, 5.74) is 0. The van der Waals surface area contributed by atoms with Crippen LogP contribution in [0.2, 0.25) is 5.02 Å². The van der Waals surface area contributed by atoms with Crippen LogP contribution in [0.4, 0.5) is 5.95 Å². The number of rotatable bonds is 4. The lowest BCUT2D eigenvalue weighted by atomic mass is 10.1. The molecule has 3 heterocycles. The molecule has 1 N–H and O–H groups in total. The molecule has 1 fully saturated rings. The highest BCUT2D eigenvalue weighted by molar-refractivity contribution is 7.91. The Hall–Kier alpha value is -1.22. The molecule has 0 bridgehead atoms. The molecule has 1 aliphatic rings. The van der Waals surface area contributed by atoms with E-state index in [1.54, 1.807) is 29.9 Å². The van der Waals surface area contributed by atoms with E-state index < -0.39 is 10.0 Å². The number of piperidine rings is 1. The van der Waals surface area contributed by atoms with Crippen molar-refractivity contribution in [2.24, 2.45) is 0 Å². The molecule has 0 amide bonds. The quantitative estimate of drug-likeness (QED) is 0.906. The normalized spacial score (nSPS) is 16.9. The monoisotopic (exact) mass is 358 g/mol. The molecule has 0 saturated carbocycles. The van der Waals surface area contributed by atoms with Crippen molar-refractivity contribution in [2.75, 3.05) is 18.0 Å². The minimum Gasteiger partial charge on any atom is -0.341 e. The van der Waals surface area contributed by atoms with Gasteiger partial charge in [-0.2, -0.15) is 0 Å². The fourth-order valence-electron chi connectivity index (χ4n) is 2.36. The third-order valence-corrected chi connectivity index (χ3v) is 6.58. The number of nitrogens with zero attached hydrogens (tertiary/aromatic N) is 3. The molecule has 0 aromatic carbocycles. The number of nitrogens with one attached hydrogen (secondary N) is 1. The summed E-state index contributed by atoms with van der Waals surface area (Å²) in [5.74, 6) is 0.629. The number of aromatic nitrogens is 2. The van der Waals surface area contributed by atoms with Crippen LogP contribution in [0.25, 0.3) is 0 Å². The molecule has 22 heavy (non-hydrogen) atoms. The zero-order chi connectivity index (χ0) is 15.6. The fraction of sp³-hybridized carbons (Fsp3) is 0.385. The summed E-state index contributed by atoms with van der Waals surface area (Å²) in [6, 6.07) is 3.29. The van der Waals surface area contributed by atoms with E-state index in [9.17, 15) is 8.42 Å². The van der Waals surface area contributed by atoms with Crippen molar-refractivity contribution in [1.82, 2.24) is 14.7 Å². The van der Waals surface area contributed by atoms with Gasteiger partial charge in [-0.25, -0.2) is 23.1 Å². The molecule has 3 rings (SSSR count). The van der Waals surface area contributed by atoms with Gasteiger partial charge in [-0.1, -0.05) is 17.7 Å². The van der Waals surface area contributed by atoms with Crippen LogP contribution in [0, 0.1) is 0 Å². The summed E-state index contributed by atoms with van der Waals surface area (Å²) >= 11 is 7.00. The Labute approximate surface area is 138 Å². The van der Waals surface area contributed by atoms with Gasteiger partial charge in [0.1, 0.15) is 4.21 Å². The third-order valence-electron chi connectivity index (χ3n) is 3.47. The molecule has 0 atom stereocenters. The topological polar surface area (TPSA) is 75.2 Å². The minimum atomic E-state index is -3.40. The predicted octanol–water partition coefficient (Wildman–Crippen LogP) is 2.14. The van der Waals surface area contributed by atoms with Crippen LogP contribution in [0.3, 0.4) is 0 Å². The number of halogens is 1. The summed E-state index contributed by atoms with van der Waals surface area (Å²) in [7, 11) is -3.40. The van der Waals surface area contributed by atoms with Crippen LogP contribution in [0.15, 0.2) is 34.1 Å². The Morgan fingerprint density at radius 1 is 1.27 bits per heavy atom. The van der Waals surface area contributed by atoms with Crippen LogP contribution in [0.5, 0.6) is 0 Å². The first-order valence-electron chi connectivity index (χ1n) is 6.83. The fourth-order valence-corrected chi connectivity index (χ4v) is 4.77. The molecule has 2 aromatic rings. The van der Waals surface area contributed by atoms with Gasteiger partial charge in [0, 0.05) is 19.1 Å². The summed E-state index contributed by atoms with van der Waals surface area (Å²) in [6.45, 7) is 1.42. The zero-order valence-corrected chi connectivity index (χ0v) is 14.0. The Morgan fingerprint density at radius 2 is 1.95 bits per heavy atom. The first kappa shape index (κ1) is 15.7. The zero-order valence-electron chi connectivity index (χ0n) is 11.6. The Balaban J connectivity index is 1.59. The second kappa shape index (κ2) is 6.49. The van der Waals surface area contributed by atoms with Crippen molar-refractivity contribution in [3.63, 3.8) is 0 Å². The lowest BCUT2D eigenvalue weighted by molar-refractivity contribution is 0.457. The van der Waals surface area contributed by atoms with E-state index >= 15 is 0 Å². The first-order valence-corrected chi connectivity index (χ1v) is 9.57. The Bertz CT molecular complexity index is 711. The van der Waals surface area contributed by atoms with Crippen molar-refractivity contribution >= 4 is 38.9 Å². The van der Waals surface area contributed by atoms with E-state index in [-0.39, 0.29) is 6.04 Å². The van der Waals surface area contributed by atoms with Gasteiger partial charge >= 0.3 is 0 Å². The van der Waals surface area contributed by atoms with E-state index in [1.807, 2.05) is 4.90 Å². The van der Waals surface area contributed by atoms with E-state index in [0.717, 1.165) is 12.8 Å². The summed E-state index contributed by atoms with van der Waals surface area (Å²) < 4.78 is 27.5. The first-order chi connectivity index (χ1) is 10.5. The van der Waals surface area contributed by atoms with Crippen molar-refractivity contribution in [2.45, 2.75) is 23.1 Å². The van der Waals surface area contributed by atoms with E-state index in [2.05, 4.69) is 14.7 Å². The van der Waals surface area contributed by atoms with Crippen LogP contribution in [-0.2, 0) is 10.0 Å². The van der Waals surface area contributed by atoms with Gasteiger partial charge < -0.3 is 4.90 Å². The van der Waals surface area contributed by atoms with E-state index in [1.165, 1.54) is 11.3 Å². The minimum absolute atomic E-state index is 0.0596. The molecular formula is C13H15ClN4O2S2. The number of hydrogen-bond donors (Lipinski definition) is 1. The molecule has 0 radical (unpaired) electrons. The highest BCUT2D eigenvalue weighted by atomic mass is 35.5. The third kappa shape index (κ3) is 3.57. The standard InChI is InChI=1S/C13H15ClN4O2S2/c14-10-8-15-13(16-9-10)18-5-3-11(4-6-18)17-22(19,20)12-2-1-7-21-12/h1-2,7-9,11,17H,3-6H2. The number of sulfonamides is 1. The van der Waals surface area contributed by atoms with Gasteiger partial charge in [-0.15, -0.1) is 11.3 Å². The average molecular weight is 359 g/mol. The molecule has 0 spiro atoms. The largest absolute Gasteiger partial charge is 0.341 e. The number of thiophene rings is 1. The molecule has 2 aromatic heterocycles. The van der Waals surface area contributed by atoms with Crippen molar-refractivity contribution < 1.29 is 8.42 Å². The molecule has 118 valence electrons. The lowest BCUT2D eigenvalue weighted by Crippen LogP contribution is -2.45. The van der Waals surface area contributed by atoms with Gasteiger partial charge in [-0.3, -0.25) is 0 Å². The predicted molar refractivity (Wildman–Crippen MR) is 86.9 cm³/mol. The molecule has 9 heteroatoms. The average Bonchev–Trinajstić information content (AvgIpc) is 3.04. The molecular weight excluding hydrogens is 344 g/mol. The van der Waals surface area contributed by atoms with Crippen molar-refractivity contribution in [3.8, 4) is 0 Å². The van der Waals surface area contributed by atoms with Gasteiger partial charge in [0.25, 0.3) is 0 Å². The maximum absolute atomic E-state index is 12.2. The summed E-state index contributed by atoms with van der Waals surface area (Å²) in [4.78, 5) is 10.4. The van der Waals surface area contributed by atoms with Gasteiger partial charge in [0.15, 0.2) is 0 Å². The summed E-state index contributed by atoms with van der Waals surface area (Å²) in [5, 5.41) is 2.26. The molecule has 1 saturated heterocycles. The van der Waals surface area contributed by atoms with Crippen molar-refractivity contribution in [1.29, 1.82) is 0 Å². The van der Waals surface area contributed by atoms with Crippen molar-refractivity contribution in [3.05, 3.63) is 34.9 Å². The second-order valence-electron chi connectivity index (χ2n) is 5.02. The van der Waals surface area contributed by atoms with Gasteiger partial charge in [0.2, 0.25) is 16.0 Å². The summed E-state index contributed by atoms with van der Waals surface area (Å²) in [6.07, 6.45) is 4.57. The Morgan fingerprint density at radius 3 is 2.55 bits per heavy atom. The highest BCUT2D eigenvalue weighted by Gasteiger charge is 2.26. The number of anilines is 1. The Kier molecular flexibility index (Phi) is 4.62. The number of hydrogen-bond acceptors (Lipinski definition) is 6. The van der Waals surface area contributed by atoms with Crippen LogP contribution >= 0.6 is 22.9 Å². The SMILES string of the molecule is O=S(=O)(NC1CCN(c2ncc(Cl)cn2)CC1)c1cccs1. The van der Waals surface area contributed by atoms with Gasteiger partial charge in [-0.05, 0) is 24.3 Å². The van der Waals surface area contributed by atoms with E-state index in [0.29, 0.717) is 28.3 Å². The maximum atomic E-state index is 12.2. The molecule has 6 nitrogen and oxygen atoms in total. The van der Waals surface area contributed by atoms with Crippen LogP contribution in [0.1, 0.15) is 12.8 Å². The van der Waals surface area contributed by atoms with Crippen LogP contribution in [-0.4, -0.2) is 37.5 Å². The lowest BCUT2D eigenvalue weighted by Gasteiger charge is -2.32. The van der Waals surface area contributed by atoms with Crippen LogP contribution < -0.4 is 9.62 Å². The molecule has 0 unspecified atom stereocenters. The maximum Gasteiger partial charge on any atom is 0.250 e.